The normalized spacial score (nSPS) is 26.9. The zero-order chi connectivity index (χ0) is 14.6. The SMILES string of the molecule is CCN1CCOC(CNC(=O)C2(C(N)=NO)CCC2)C1. The monoisotopic (exact) mass is 284 g/mol. The van der Waals surface area contributed by atoms with E-state index in [1.807, 2.05) is 0 Å². The van der Waals surface area contributed by atoms with Gasteiger partial charge in [-0.15, -0.1) is 0 Å². The molecule has 1 aliphatic heterocycles. The van der Waals surface area contributed by atoms with Gasteiger partial charge in [0.05, 0.1) is 12.7 Å². The summed E-state index contributed by atoms with van der Waals surface area (Å²) in [4.78, 5) is 14.6. The van der Waals surface area contributed by atoms with E-state index in [4.69, 9.17) is 15.7 Å². The van der Waals surface area contributed by atoms with Crippen LogP contribution in [0.4, 0.5) is 0 Å². The second kappa shape index (κ2) is 6.41. The van der Waals surface area contributed by atoms with Gasteiger partial charge in [0.2, 0.25) is 5.91 Å². The van der Waals surface area contributed by atoms with Gasteiger partial charge >= 0.3 is 0 Å². The summed E-state index contributed by atoms with van der Waals surface area (Å²) in [7, 11) is 0. The first-order valence-electron chi connectivity index (χ1n) is 7.22. The second-order valence-electron chi connectivity index (χ2n) is 5.52. The van der Waals surface area contributed by atoms with Crippen LogP contribution < -0.4 is 11.1 Å². The molecule has 20 heavy (non-hydrogen) atoms. The number of hydrogen-bond acceptors (Lipinski definition) is 5. The van der Waals surface area contributed by atoms with Crippen molar-refractivity contribution in [3.63, 3.8) is 0 Å². The minimum Gasteiger partial charge on any atom is -0.409 e. The predicted molar refractivity (Wildman–Crippen MR) is 74.6 cm³/mol. The lowest BCUT2D eigenvalue weighted by atomic mass is 9.67. The van der Waals surface area contributed by atoms with Gasteiger partial charge in [-0.2, -0.15) is 0 Å². The van der Waals surface area contributed by atoms with Crippen LogP contribution in [0, 0.1) is 5.41 Å². The van der Waals surface area contributed by atoms with Crippen LogP contribution >= 0.6 is 0 Å². The molecule has 0 bridgehead atoms. The third kappa shape index (κ3) is 2.88. The van der Waals surface area contributed by atoms with E-state index >= 15 is 0 Å². The number of nitrogens with two attached hydrogens (primary N) is 1. The summed E-state index contributed by atoms with van der Waals surface area (Å²) in [6, 6.07) is 0. The van der Waals surface area contributed by atoms with E-state index in [2.05, 4.69) is 22.3 Å². The fourth-order valence-electron chi connectivity index (χ4n) is 2.79. The number of oxime groups is 1. The number of amides is 1. The van der Waals surface area contributed by atoms with Crippen molar-refractivity contribution in [2.45, 2.75) is 32.3 Å². The lowest BCUT2D eigenvalue weighted by Crippen LogP contribution is -2.56. The number of carbonyl (C=O) groups is 1. The summed E-state index contributed by atoms with van der Waals surface area (Å²) in [5.74, 6) is -0.141. The average molecular weight is 284 g/mol. The molecule has 7 nitrogen and oxygen atoms in total. The van der Waals surface area contributed by atoms with Gasteiger partial charge < -0.3 is 21.0 Å². The highest BCUT2D eigenvalue weighted by Crippen LogP contribution is 2.41. The third-order valence-corrected chi connectivity index (χ3v) is 4.40. The number of nitrogens with zero attached hydrogens (tertiary/aromatic N) is 2. The summed E-state index contributed by atoms with van der Waals surface area (Å²) in [6.45, 7) is 6.03. The standard InChI is InChI=1S/C13H24N4O3/c1-2-17-6-7-20-10(9-17)8-15-12(18)13(4-3-5-13)11(14)16-19/h10,19H,2-9H2,1H3,(H2,14,16)(H,15,18). The fourth-order valence-corrected chi connectivity index (χ4v) is 2.79. The van der Waals surface area contributed by atoms with Gasteiger partial charge in [-0.25, -0.2) is 0 Å². The topological polar surface area (TPSA) is 100 Å². The van der Waals surface area contributed by atoms with E-state index in [-0.39, 0.29) is 17.8 Å². The number of carbonyl (C=O) groups excluding carboxylic acids is 1. The average Bonchev–Trinajstić information content (AvgIpc) is 2.43. The Kier molecular flexibility index (Phi) is 4.82. The fraction of sp³-hybridized carbons (Fsp3) is 0.846. The quantitative estimate of drug-likeness (QED) is 0.279. The number of hydrogen-bond donors (Lipinski definition) is 3. The van der Waals surface area contributed by atoms with Crippen molar-refractivity contribution < 1.29 is 14.7 Å². The molecule has 1 amide bonds. The van der Waals surface area contributed by atoms with Crippen molar-refractivity contribution in [3.8, 4) is 0 Å². The van der Waals surface area contributed by atoms with Crippen molar-refractivity contribution in [2.24, 2.45) is 16.3 Å². The minimum atomic E-state index is -0.812. The molecule has 1 aliphatic carbocycles. The third-order valence-electron chi connectivity index (χ3n) is 4.40. The number of nitrogens with one attached hydrogen (secondary N) is 1. The Balaban J connectivity index is 1.85. The van der Waals surface area contributed by atoms with E-state index in [1.165, 1.54) is 0 Å². The second-order valence-corrected chi connectivity index (χ2v) is 5.52. The molecule has 2 fully saturated rings. The Morgan fingerprint density at radius 3 is 2.90 bits per heavy atom. The van der Waals surface area contributed by atoms with Crippen LogP contribution in [0.3, 0.4) is 0 Å². The molecule has 4 N–H and O–H groups in total. The molecule has 7 heteroatoms. The molecular weight excluding hydrogens is 260 g/mol. The highest BCUT2D eigenvalue weighted by atomic mass is 16.5. The van der Waals surface area contributed by atoms with E-state index in [1.54, 1.807) is 0 Å². The van der Waals surface area contributed by atoms with Crippen LogP contribution in [0.5, 0.6) is 0 Å². The van der Waals surface area contributed by atoms with Gasteiger partial charge in [0.15, 0.2) is 5.84 Å². The summed E-state index contributed by atoms with van der Waals surface area (Å²) in [6.07, 6.45) is 2.22. The number of amidine groups is 1. The molecule has 0 aromatic rings. The Morgan fingerprint density at radius 2 is 2.35 bits per heavy atom. The molecule has 1 unspecified atom stereocenters. The molecule has 1 saturated carbocycles. The summed E-state index contributed by atoms with van der Waals surface area (Å²) >= 11 is 0. The Labute approximate surface area is 119 Å². The molecule has 114 valence electrons. The van der Waals surface area contributed by atoms with Crippen molar-refractivity contribution in [1.82, 2.24) is 10.2 Å². The first-order valence-corrected chi connectivity index (χ1v) is 7.22. The highest BCUT2D eigenvalue weighted by Gasteiger charge is 2.48. The van der Waals surface area contributed by atoms with Gasteiger partial charge in [-0.05, 0) is 19.4 Å². The van der Waals surface area contributed by atoms with Gasteiger partial charge in [0.1, 0.15) is 5.41 Å². The summed E-state index contributed by atoms with van der Waals surface area (Å²) < 4.78 is 5.64. The van der Waals surface area contributed by atoms with Crippen LogP contribution in [-0.2, 0) is 9.53 Å². The minimum absolute atomic E-state index is 0.0112. The Bertz CT molecular complexity index is 382. The molecule has 0 aromatic heterocycles. The Morgan fingerprint density at radius 1 is 1.60 bits per heavy atom. The zero-order valence-corrected chi connectivity index (χ0v) is 12.0. The number of rotatable bonds is 5. The molecule has 1 atom stereocenters. The summed E-state index contributed by atoms with van der Waals surface area (Å²) in [5.41, 5.74) is 4.85. The molecule has 0 aromatic carbocycles. The molecule has 2 aliphatic rings. The molecule has 1 saturated heterocycles. The lowest BCUT2D eigenvalue weighted by molar-refractivity contribution is -0.132. The van der Waals surface area contributed by atoms with Gasteiger partial charge in [-0.1, -0.05) is 18.5 Å². The van der Waals surface area contributed by atoms with E-state index in [9.17, 15) is 4.79 Å². The number of likely N-dealkylation sites (N-methyl/N-ethyl adjacent to an activating group) is 1. The maximum atomic E-state index is 12.3. The number of morpholine rings is 1. The van der Waals surface area contributed by atoms with Crippen LogP contribution in [0.25, 0.3) is 0 Å². The predicted octanol–water partition coefficient (Wildman–Crippen LogP) is -0.260. The van der Waals surface area contributed by atoms with Crippen LogP contribution in [0.15, 0.2) is 5.16 Å². The van der Waals surface area contributed by atoms with Crippen molar-refractivity contribution in [2.75, 3.05) is 32.8 Å². The van der Waals surface area contributed by atoms with Gasteiger partial charge in [0, 0.05) is 19.6 Å². The highest BCUT2D eigenvalue weighted by molar-refractivity contribution is 6.07. The smallest absolute Gasteiger partial charge is 0.234 e. The summed E-state index contributed by atoms with van der Waals surface area (Å²) in [5, 5.41) is 14.7. The van der Waals surface area contributed by atoms with Crippen molar-refractivity contribution in [3.05, 3.63) is 0 Å². The maximum Gasteiger partial charge on any atom is 0.234 e. The largest absolute Gasteiger partial charge is 0.409 e. The van der Waals surface area contributed by atoms with E-state index in [0.29, 0.717) is 26.0 Å². The number of ether oxygens (including phenoxy) is 1. The first kappa shape index (κ1) is 15.1. The van der Waals surface area contributed by atoms with Crippen LogP contribution in [0.2, 0.25) is 0 Å². The lowest BCUT2D eigenvalue weighted by Gasteiger charge is -2.39. The molecule has 2 rings (SSSR count). The van der Waals surface area contributed by atoms with Crippen LogP contribution in [-0.4, -0.2) is 60.7 Å². The first-order chi connectivity index (χ1) is 9.62. The van der Waals surface area contributed by atoms with Gasteiger partial charge in [0.25, 0.3) is 0 Å². The van der Waals surface area contributed by atoms with Gasteiger partial charge in [-0.3, -0.25) is 9.69 Å². The zero-order valence-electron chi connectivity index (χ0n) is 12.0. The molecule has 0 radical (unpaired) electrons. The maximum absolute atomic E-state index is 12.3. The van der Waals surface area contributed by atoms with E-state index in [0.717, 1.165) is 26.1 Å². The Hall–Kier alpha value is -1.34. The van der Waals surface area contributed by atoms with Crippen molar-refractivity contribution in [1.29, 1.82) is 0 Å². The molecule has 1 heterocycles. The van der Waals surface area contributed by atoms with Crippen LogP contribution in [0.1, 0.15) is 26.2 Å². The van der Waals surface area contributed by atoms with Crippen molar-refractivity contribution >= 4 is 11.7 Å². The molecular formula is C13H24N4O3. The van der Waals surface area contributed by atoms with E-state index < -0.39 is 5.41 Å². The molecule has 0 spiro atoms.